The minimum absolute atomic E-state index is 0.318. The lowest BCUT2D eigenvalue weighted by Gasteiger charge is -2.35. The van der Waals surface area contributed by atoms with Crippen molar-refractivity contribution in [2.45, 2.75) is 25.4 Å². The predicted molar refractivity (Wildman–Crippen MR) is 71.9 cm³/mol. The molecule has 3 saturated heterocycles. The molecule has 0 aromatic carbocycles. The summed E-state index contributed by atoms with van der Waals surface area (Å²) in [6, 6.07) is 0.318. The van der Waals surface area contributed by atoms with E-state index in [1.807, 2.05) is 6.20 Å². The van der Waals surface area contributed by atoms with Crippen LogP contribution in [0.25, 0.3) is 0 Å². The number of piperidine rings is 1. The van der Waals surface area contributed by atoms with E-state index in [1.165, 1.54) is 6.26 Å². The number of nitrogens with one attached hydrogen (secondary N) is 1. The number of hydrogen-bond acceptors (Lipinski definition) is 4. The molecule has 4 rings (SSSR count). The quantitative estimate of drug-likeness (QED) is 0.865. The van der Waals surface area contributed by atoms with Crippen LogP contribution in [0.2, 0.25) is 0 Å². The third-order valence-electron chi connectivity index (χ3n) is 4.17. The molecule has 6 nitrogen and oxygen atoms in total. The minimum atomic E-state index is -3.08. The van der Waals surface area contributed by atoms with Crippen LogP contribution in [0, 0.1) is 5.92 Å². The van der Waals surface area contributed by atoms with Crippen molar-refractivity contribution in [1.82, 2.24) is 19.2 Å². The zero-order valence-electron chi connectivity index (χ0n) is 11.1. The molecule has 0 radical (unpaired) electrons. The maximum absolute atomic E-state index is 11.8. The van der Waals surface area contributed by atoms with E-state index in [4.69, 9.17) is 0 Å². The van der Waals surface area contributed by atoms with E-state index in [1.54, 1.807) is 10.5 Å². The molecule has 0 amide bonds. The molecule has 2 atom stereocenters. The van der Waals surface area contributed by atoms with Crippen molar-refractivity contribution in [3.63, 3.8) is 0 Å². The first-order chi connectivity index (χ1) is 9.02. The topological polar surface area (TPSA) is 69.3 Å². The lowest BCUT2D eigenvalue weighted by Crippen LogP contribution is -2.44. The van der Waals surface area contributed by atoms with Crippen molar-refractivity contribution in [1.29, 1.82) is 0 Å². The van der Waals surface area contributed by atoms with E-state index in [-0.39, 0.29) is 0 Å². The highest BCUT2D eigenvalue weighted by atomic mass is 32.2. The fourth-order valence-electron chi connectivity index (χ4n) is 3.18. The van der Waals surface area contributed by atoms with Gasteiger partial charge in [0.1, 0.15) is 5.82 Å². The van der Waals surface area contributed by atoms with Gasteiger partial charge in [-0.2, -0.15) is 0 Å². The molecular weight excluding hydrogens is 264 g/mol. The minimum Gasteiger partial charge on any atom is -0.348 e. The van der Waals surface area contributed by atoms with Gasteiger partial charge >= 0.3 is 0 Å². The summed E-state index contributed by atoms with van der Waals surface area (Å²) >= 11 is 0. The van der Waals surface area contributed by atoms with Crippen LogP contribution in [-0.2, 0) is 16.6 Å². The first-order valence-corrected chi connectivity index (χ1v) is 8.54. The second-order valence-corrected chi connectivity index (χ2v) is 7.62. The van der Waals surface area contributed by atoms with Gasteiger partial charge in [0.2, 0.25) is 10.0 Å². The van der Waals surface area contributed by atoms with Crippen LogP contribution in [0.5, 0.6) is 0 Å². The van der Waals surface area contributed by atoms with Gasteiger partial charge in [-0.1, -0.05) is 0 Å². The molecule has 0 spiro atoms. The normalized spacial score (nSPS) is 29.5. The number of rotatable bonds is 3. The molecule has 0 saturated carbocycles. The van der Waals surface area contributed by atoms with Crippen molar-refractivity contribution in [2.24, 2.45) is 5.92 Å². The number of sulfonamides is 1. The van der Waals surface area contributed by atoms with E-state index in [0.717, 1.165) is 31.8 Å². The summed E-state index contributed by atoms with van der Waals surface area (Å²) in [6.45, 7) is 3.04. The van der Waals surface area contributed by atoms with Gasteiger partial charge in [-0.15, -0.1) is 0 Å². The molecule has 3 aliphatic heterocycles. The van der Waals surface area contributed by atoms with Gasteiger partial charge in [-0.3, -0.25) is 4.90 Å². The summed E-state index contributed by atoms with van der Waals surface area (Å²) in [6.07, 6.45) is 7.11. The lowest BCUT2D eigenvalue weighted by atomic mass is 9.95. The smallest absolute Gasteiger partial charge is 0.211 e. The van der Waals surface area contributed by atoms with Crippen LogP contribution < -0.4 is 0 Å². The van der Waals surface area contributed by atoms with Gasteiger partial charge in [0.25, 0.3) is 0 Å². The van der Waals surface area contributed by atoms with E-state index < -0.39 is 10.0 Å². The summed E-state index contributed by atoms with van der Waals surface area (Å²) in [5.41, 5.74) is 0. The Kier molecular flexibility index (Phi) is 3.36. The number of aromatic nitrogens is 2. The Labute approximate surface area is 113 Å². The third kappa shape index (κ3) is 2.82. The fraction of sp³-hybridized carbons (Fsp3) is 0.750. The Morgan fingerprint density at radius 3 is 2.89 bits per heavy atom. The third-order valence-corrected chi connectivity index (χ3v) is 5.41. The van der Waals surface area contributed by atoms with Crippen LogP contribution in [0.15, 0.2) is 12.4 Å². The summed E-state index contributed by atoms with van der Waals surface area (Å²) in [5.74, 6) is 1.40. The van der Waals surface area contributed by atoms with Gasteiger partial charge in [0.05, 0.1) is 12.8 Å². The first kappa shape index (κ1) is 13.1. The fourth-order valence-corrected chi connectivity index (χ4v) is 4.10. The second-order valence-electron chi connectivity index (χ2n) is 5.64. The highest BCUT2D eigenvalue weighted by molar-refractivity contribution is 7.88. The van der Waals surface area contributed by atoms with Gasteiger partial charge in [-0.05, 0) is 18.8 Å². The maximum atomic E-state index is 11.8. The molecule has 2 bridgehead atoms. The molecule has 1 N–H and O–H groups in total. The number of aromatic amines is 1. The largest absolute Gasteiger partial charge is 0.348 e. The molecular formula is C12H20N4O2S. The molecule has 106 valence electrons. The van der Waals surface area contributed by atoms with E-state index in [2.05, 4.69) is 14.9 Å². The molecule has 7 heteroatoms. The van der Waals surface area contributed by atoms with Crippen LogP contribution >= 0.6 is 0 Å². The van der Waals surface area contributed by atoms with E-state index >= 15 is 0 Å². The zero-order chi connectivity index (χ0) is 13.5. The van der Waals surface area contributed by atoms with Gasteiger partial charge < -0.3 is 4.98 Å². The Hall–Kier alpha value is -0.920. The molecule has 3 fully saturated rings. The monoisotopic (exact) mass is 284 g/mol. The van der Waals surface area contributed by atoms with E-state index in [0.29, 0.717) is 25.0 Å². The lowest BCUT2D eigenvalue weighted by molar-refractivity contribution is 0.122. The van der Waals surface area contributed by atoms with Gasteiger partial charge in [0.15, 0.2) is 0 Å². The average molecular weight is 284 g/mol. The van der Waals surface area contributed by atoms with Crippen LogP contribution in [0.1, 0.15) is 18.7 Å². The Morgan fingerprint density at radius 2 is 2.21 bits per heavy atom. The van der Waals surface area contributed by atoms with Crippen LogP contribution in [-0.4, -0.2) is 59.5 Å². The second kappa shape index (κ2) is 4.88. The molecule has 0 aliphatic carbocycles. The Morgan fingerprint density at radius 1 is 1.37 bits per heavy atom. The molecule has 1 aromatic heterocycles. The van der Waals surface area contributed by atoms with Crippen molar-refractivity contribution in [2.75, 3.05) is 25.9 Å². The number of H-pyrrole nitrogens is 1. The molecule has 0 unspecified atom stereocenters. The molecule has 4 heterocycles. The average Bonchev–Trinajstić information content (AvgIpc) is 2.66. The van der Waals surface area contributed by atoms with Gasteiger partial charge in [0, 0.05) is 38.1 Å². The summed E-state index contributed by atoms with van der Waals surface area (Å²) < 4.78 is 25.2. The van der Waals surface area contributed by atoms with Crippen LogP contribution in [0.4, 0.5) is 0 Å². The Balaban J connectivity index is 1.76. The number of nitrogens with zero attached hydrogens (tertiary/aromatic N) is 3. The molecule has 3 aliphatic rings. The van der Waals surface area contributed by atoms with Crippen molar-refractivity contribution < 1.29 is 8.42 Å². The van der Waals surface area contributed by atoms with Crippen LogP contribution in [0.3, 0.4) is 0 Å². The highest BCUT2D eigenvalue weighted by Crippen LogP contribution is 2.29. The predicted octanol–water partition coefficient (Wildman–Crippen LogP) is 0.266. The van der Waals surface area contributed by atoms with Gasteiger partial charge in [-0.25, -0.2) is 17.7 Å². The Bertz CT molecular complexity index is 528. The standard InChI is InChI=1S/C12H20N4O2S/c1-19(17,18)16-7-10-2-3-11(8-16)15(6-10)9-12-13-4-5-14-12/h4-5,10-11H,2-3,6-9H2,1H3,(H,13,14)/t10-,11-/m0/s1. The SMILES string of the molecule is CS(=O)(=O)N1C[C@H]2CC[C@@H](C1)N(Cc1ncc[nH]1)C2. The number of fused-ring (bicyclic) bond motifs is 4. The summed E-state index contributed by atoms with van der Waals surface area (Å²) in [5, 5.41) is 0. The molecule has 1 aromatic rings. The maximum Gasteiger partial charge on any atom is 0.211 e. The summed E-state index contributed by atoms with van der Waals surface area (Å²) in [4.78, 5) is 9.76. The number of hydrogen-bond donors (Lipinski definition) is 1. The highest BCUT2D eigenvalue weighted by Gasteiger charge is 2.37. The molecule has 19 heavy (non-hydrogen) atoms. The summed E-state index contributed by atoms with van der Waals surface area (Å²) in [7, 11) is -3.08. The zero-order valence-corrected chi connectivity index (χ0v) is 11.9. The van der Waals surface area contributed by atoms with Crippen molar-refractivity contribution in [3.8, 4) is 0 Å². The number of imidazole rings is 1. The van der Waals surface area contributed by atoms with Crippen molar-refractivity contribution in [3.05, 3.63) is 18.2 Å². The van der Waals surface area contributed by atoms with Crippen molar-refractivity contribution >= 4 is 10.0 Å². The van der Waals surface area contributed by atoms with E-state index in [9.17, 15) is 8.42 Å². The first-order valence-electron chi connectivity index (χ1n) is 6.70.